The second kappa shape index (κ2) is 7.04. The molecule has 4 fully saturated rings. The molecule has 144 valence electrons. The van der Waals surface area contributed by atoms with Gasteiger partial charge in [0.1, 0.15) is 0 Å². The molecule has 0 N–H and O–H groups in total. The van der Waals surface area contributed by atoms with Gasteiger partial charge in [-0.15, -0.1) is 0 Å². The van der Waals surface area contributed by atoms with Gasteiger partial charge in [0.15, 0.2) is 16.6 Å². The molecule has 4 rings (SSSR count). The van der Waals surface area contributed by atoms with Crippen molar-refractivity contribution in [2.24, 2.45) is 11.8 Å². The largest absolute Gasteiger partial charge is 0.455 e. The maximum Gasteiger partial charge on any atom is 0.173 e. The summed E-state index contributed by atoms with van der Waals surface area (Å²) in [7, 11) is -3.16. The molecule has 0 aromatic carbocycles. The third kappa shape index (κ3) is 5.19. The van der Waals surface area contributed by atoms with Crippen molar-refractivity contribution in [2.45, 2.75) is 114 Å². The van der Waals surface area contributed by atoms with Crippen molar-refractivity contribution >= 4 is 16.6 Å². The van der Waals surface area contributed by atoms with Crippen LogP contribution in [0.4, 0.5) is 0 Å². The lowest BCUT2D eigenvalue weighted by Crippen LogP contribution is -2.45. The Morgan fingerprint density at radius 2 is 1.16 bits per heavy atom. The number of fused-ring (bicyclic) bond motifs is 2. The summed E-state index contributed by atoms with van der Waals surface area (Å²) in [5, 5.41) is 0. The quantitative estimate of drug-likeness (QED) is 0.531. The van der Waals surface area contributed by atoms with Crippen LogP contribution in [-0.2, 0) is 13.6 Å². The third-order valence-corrected chi connectivity index (χ3v) is 14.3. The van der Waals surface area contributed by atoms with Crippen molar-refractivity contribution in [3.8, 4) is 0 Å². The Morgan fingerprint density at radius 1 is 0.720 bits per heavy atom. The second-order valence-electron chi connectivity index (χ2n) is 10.4. The van der Waals surface area contributed by atoms with Crippen LogP contribution in [-0.4, -0.2) is 41.1 Å². The third-order valence-electron chi connectivity index (χ3n) is 6.86. The fourth-order valence-electron chi connectivity index (χ4n) is 5.10. The summed E-state index contributed by atoms with van der Waals surface area (Å²) in [6.07, 6.45) is 12.8. The topological polar surface area (TPSA) is 27.7 Å². The van der Waals surface area contributed by atoms with E-state index in [-0.39, 0.29) is 0 Å². The maximum atomic E-state index is 6.85. The summed E-state index contributed by atoms with van der Waals surface area (Å²) in [5.74, 6) is 1.83. The Labute approximate surface area is 156 Å². The molecule has 0 bridgehead atoms. The minimum atomic E-state index is -1.58. The molecule has 0 radical (unpaired) electrons. The van der Waals surface area contributed by atoms with Gasteiger partial charge in [-0.05, 0) is 101 Å². The van der Waals surface area contributed by atoms with Crippen LogP contribution in [0.2, 0.25) is 38.3 Å². The Balaban J connectivity index is 1.18. The Kier molecular flexibility index (Phi) is 5.26. The SMILES string of the molecule is C[Si](C)(CCC1CCC2CC2O1)O[Si](C)(C)CCC1CCC2CC2O1. The van der Waals surface area contributed by atoms with Gasteiger partial charge in [-0.1, -0.05) is 0 Å². The number of rotatable bonds is 8. The van der Waals surface area contributed by atoms with E-state index in [4.69, 9.17) is 13.6 Å². The van der Waals surface area contributed by atoms with Gasteiger partial charge in [-0.2, -0.15) is 0 Å². The summed E-state index contributed by atoms with van der Waals surface area (Å²) < 4.78 is 19.2. The van der Waals surface area contributed by atoms with E-state index < -0.39 is 16.6 Å². The first-order valence-corrected chi connectivity index (χ1v) is 17.0. The van der Waals surface area contributed by atoms with E-state index in [1.54, 1.807) is 0 Å². The summed E-state index contributed by atoms with van der Waals surface area (Å²) in [4.78, 5) is 0. The average Bonchev–Trinajstić information content (AvgIpc) is 3.42. The van der Waals surface area contributed by atoms with E-state index in [1.165, 1.54) is 63.5 Å². The van der Waals surface area contributed by atoms with Gasteiger partial charge in [-0.3, -0.25) is 0 Å². The van der Waals surface area contributed by atoms with Crippen LogP contribution < -0.4 is 0 Å². The lowest BCUT2D eigenvalue weighted by Gasteiger charge is -2.36. The molecule has 0 aromatic rings. The predicted molar refractivity (Wildman–Crippen MR) is 107 cm³/mol. The molecule has 0 aromatic heterocycles. The molecule has 0 spiro atoms. The summed E-state index contributed by atoms with van der Waals surface area (Å²) in [6.45, 7) is 9.71. The average molecular weight is 383 g/mol. The van der Waals surface area contributed by atoms with E-state index in [0.29, 0.717) is 24.4 Å². The normalized spacial score (nSPS) is 40.3. The van der Waals surface area contributed by atoms with E-state index in [0.717, 1.165) is 11.8 Å². The molecular weight excluding hydrogens is 344 g/mol. The fraction of sp³-hybridized carbons (Fsp3) is 1.00. The van der Waals surface area contributed by atoms with Gasteiger partial charge in [0, 0.05) is 0 Å². The zero-order valence-electron chi connectivity index (χ0n) is 16.8. The lowest BCUT2D eigenvalue weighted by atomic mass is 10.1. The van der Waals surface area contributed by atoms with E-state index in [1.807, 2.05) is 0 Å². The van der Waals surface area contributed by atoms with Crippen LogP contribution in [0, 0.1) is 11.8 Å². The van der Waals surface area contributed by atoms with Crippen LogP contribution in [0.1, 0.15) is 51.4 Å². The molecule has 3 nitrogen and oxygen atoms in total. The fourth-order valence-corrected chi connectivity index (χ4v) is 13.9. The highest BCUT2D eigenvalue weighted by molar-refractivity contribution is 6.84. The van der Waals surface area contributed by atoms with Gasteiger partial charge in [0.05, 0.1) is 24.4 Å². The minimum Gasteiger partial charge on any atom is -0.455 e. The zero-order chi connectivity index (χ0) is 17.7. The zero-order valence-corrected chi connectivity index (χ0v) is 18.8. The summed E-state index contributed by atoms with van der Waals surface area (Å²) in [6, 6.07) is 2.52. The van der Waals surface area contributed by atoms with Crippen molar-refractivity contribution in [3.05, 3.63) is 0 Å². The first kappa shape index (κ1) is 18.7. The minimum absolute atomic E-state index is 0.519. The van der Waals surface area contributed by atoms with Gasteiger partial charge in [0.2, 0.25) is 0 Å². The number of hydrogen-bond donors (Lipinski definition) is 0. The summed E-state index contributed by atoms with van der Waals surface area (Å²) >= 11 is 0. The lowest BCUT2D eigenvalue weighted by molar-refractivity contribution is -0.000577. The molecule has 2 heterocycles. The summed E-state index contributed by atoms with van der Waals surface area (Å²) in [5.41, 5.74) is 0. The smallest absolute Gasteiger partial charge is 0.173 e. The molecule has 2 aliphatic carbocycles. The molecule has 2 saturated carbocycles. The highest BCUT2D eigenvalue weighted by atomic mass is 28.4. The molecule has 6 unspecified atom stereocenters. The van der Waals surface area contributed by atoms with Crippen LogP contribution in [0.3, 0.4) is 0 Å². The first-order chi connectivity index (χ1) is 11.8. The standard InChI is InChI=1S/C20H38O3Si2/c1-24(2,11-9-17-7-5-15-13-19(15)21-17)23-25(3,4)12-10-18-8-6-16-14-20(16)22-18/h15-20H,5-14H2,1-4H3. The van der Waals surface area contributed by atoms with Crippen LogP contribution in [0.15, 0.2) is 0 Å². The first-order valence-electron chi connectivity index (χ1n) is 10.8. The molecule has 2 aliphatic heterocycles. The van der Waals surface area contributed by atoms with E-state index in [2.05, 4.69) is 26.2 Å². The molecule has 2 saturated heterocycles. The maximum absolute atomic E-state index is 6.85. The van der Waals surface area contributed by atoms with Crippen LogP contribution in [0.25, 0.3) is 0 Å². The molecule has 25 heavy (non-hydrogen) atoms. The Hall–Kier alpha value is 0.314. The second-order valence-corrected chi connectivity index (χ2v) is 19.3. The van der Waals surface area contributed by atoms with Crippen molar-refractivity contribution in [3.63, 3.8) is 0 Å². The number of ether oxygens (including phenoxy) is 2. The highest BCUT2D eigenvalue weighted by Gasteiger charge is 2.45. The van der Waals surface area contributed by atoms with E-state index in [9.17, 15) is 0 Å². The monoisotopic (exact) mass is 382 g/mol. The number of hydrogen-bond acceptors (Lipinski definition) is 3. The van der Waals surface area contributed by atoms with Crippen LogP contribution in [0.5, 0.6) is 0 Å². The van der Waals surface area contributed by atoms with Gasteiger partial charge in [-0.25, -0.2) is 0 Å². The van der Waals surface area contributed by atoms with Crippen molar-refractivity contribution in [1.29, 1.82) is 0 Å². The molecule has 4 aliphatic rings. The van der Waals surface area contributed by atoms with Crippen LogP contribution >= 0.6 is 0 Å². The molecular formula is C20H38O3Si2. The Morgan fingerprint density at radius 3 is 1.56 bits per heavy atom. The van der Waals surface area contributed by atoms with E-state index >= 15 is 0 Å². The van der Waals surface area contributed by atoms with Crippen molar-refractivity contribution in [1.82, 2.24) is 0 Å². The van der Waals surface area contributed by atoms with Gasteiger partial charge < -0.3 is 13.6 Å². The van der Waals surface area contributed by atoms with Gasteiger partial charge in [0.25, 0.3) is 0 Å². The highest BCUT2D eigenvalue weighted by Crippen LogP contribution is 2.45. The van der Waals surface area contributed by atoms with Crippen molar-refractivity contribution in [2.75, 3.05) is 0 Å². The Bertz CT molecular complexity index is 440. The molecule has 6 atom stereocenters. The molecule has 0 amide bonds. The predicted octanol–water partition coefficient (Wildman–Crippen LogP) is 5.33. The van der Waals surface area contributed by atoms with Gasteiger partial charge >= 0.3 is 0 Å². The van der Waals surface area contributed by atoms with Crippen molar-refractivity contribution < 1.29 is 13.6 Å². The molecule has 5 heteroatoms.